The molecule has 0 aliphatic heterocycles. The number of rotatable bonds is 5. The SMILES string of the molecule is CC(F)(F)CC(NCl)C(O)C(N)=O. The van der Waals surface area contributed by atoms with Gasteiger partial charge in [-0.3, -0.25) is 4.79 Å². The lowest BCUT2D eigenvalue weighted by Gasteiger charge is -2.21. The normalized spacial score (nSPS) is 16.7. The fraction of sp³-hybridized carbons (Fsp3) is 0.833. The number of carbonyl (C=O) groups is 1. The Hall–Kier alpha value is -0.460. The minimum Gasteiger partial charge on any atom is -0.382 e. The molecule has 0 fully saturated rings. The predicted octanol–water partition coefficient (Wildman–Crippen LogP) is -0.0101. The number of primary amides is 1. The summed E-state index contributed by atoms with van der Waals surface area (Å²) in [6, 6.07) is -1.25. The van der Waals surface area contributed by atoms with Crippen LogP contribution in [0.25, 0.3) is 0 Å². The number of hydrogen-bond donors (Lipinski definition) is 3. The Labute approximate surface area is 79.2 Å². The quantitative estimate of drug-likeness (QED) is 0.566. The summed E-state index contributed by atoms with van der Waals surface area (Å²) in [4.78, 5) is 12.3. The molecular formula is C6H11ClF2N2O2. The van der Waals surface area contributed by atoms with Gasteiger partial charge in [-0.05, 0) is 18.7 Å². The standard InChI is InChI=1S/C6H11ClF2N2O2/c1-6(8,9)2-3(11-7)4(12)5(10)13/h3-4,11-12H,2H2,1H3,(H2,10,13). The molecule has 2 unspecified atom stereocenters. The maximum atomic E-state index is 12.4. The Morgan fingerprint density at radius 3 is 2.46 bits per heavy atom. The van der Waals surface area contributed by atoms with Crippen LogP contribution in [0.1, 0.15) is 13.3 Å². The molecule has 4 nitrogen and oxygen atoms in total. The van der Waals surface area contributed by atoms with Gasteiger partial charge in [0.2, 0.25) is 11.8 Å². The predicted molar refractivity (Wildman–Crippen MR) is 43.2 cm³/mol. The monoisotopic (exact) mass is 216 g/mol. The molecule has 0 bridgehead atoms. The summed E-state index contributed by atoms with van der Waals surface area (Å²) >= 11 is 5.06. The Kier molecular flexibility index (Phi) is 4.52. The van der Waals surface area contributed by atoms with E-state index in [1.54, 1.807) is 0 Å². The Bertz CT molecular complexity index is 186. The van der Waals surface area contributed by atoms with Crippen LogP contribution in [0.15, 0.2) is 0 Å². The second-order valence-corrected chi connectivity index (χ2v) is 3.06. The van der Waals surface area contributed by atoms with E-state index < -0.39 is 30.4 Å². The number of hydrogen-bond acceptors (Lipinski definition) is 3. The van der Waals surface area contributed by atoms with Gasteiger partial charge in [0.25, 0.3) is 0 Å². The van der Waals surface area contributed by atoms with Crippen LogP contribution >= 0.6 is 11.8 Å². The number of alkyl halides is 2. The lowest BCUT2D eigenvalue weighted by atomic mass is 10.0. The van der Waals surface area contributed by atoms with E-state index in [-0.39, 0.29) is 0 Å². The molecule has 0 aromatic carbocycles. The van der Waals surface area contributed by atoms with Gasteiger partial charge in [0.15, 0.2) is 0 Å². The highest BCUT2D eigenvalue weighted by Crippen LogP contribution is 2.20. The Morgan fingerprint density at radius 1 is 1.77 bits per heavy atom. The van der Waals surface area contributed by atoms with Crippen LogP contribution in [-0.2, 0) is 4.79 Å². The largest absolute Gasteiger partial charge is 0.382 e. The first-order chi connectivity index (χ1) is 5.78. The third-order valence-electron chi connectivity index (χ3n) is 1.39. The third-order valence-corrected chi connectivity index (χ3v) is 1.67. The maximum Gasteiger partial charge on any atom is 0.247 e. The molecule has 0 heterocycles. The molecule has 13 heavy (non-hydrogen) atoms. The van der Waals surface area contributed by atoms with Crippen molar-refractivity contribution in [2.75, 3.05) is 0 Å². The smallest absolute Gasteiger partial charge is 0.247 e. The summed E-state index contributed by atoms with van der Waals surface area (Å²) in [5, 5.41) is 8.99. The van der Waals surface area contributed by atoms with Gasteiger partial charge in [0.05, 0.1) is 6.04 Å². The summed E-state index contributed by atoms with van der Waals surface area (Å²) in [5.74, 6) is -4.12. The van der Waals surface area contributed by atoms with Crippen molar-refractivity contribution in [2.45, 2.75) is 31.4 Å². The minimum atomic E-state index is -3.02. The van der Waals surface area contributed by atoms with Crippen molar-refractivity contribution in [3.05, 3.63) is 0 Å². The summed E-state index contributed by atoms with van der Waals surface area (Å²) in [6.07, 6.45) is -2.48. The molecule has 0 radical (unpaired) electrons. The van der Waals surface area contributed by atoms with Crippen LogP contribution in [0.2, 0.25) is 0 Å². The highest BCUT2D eigenvalue weighted by atomic mass is 35.5. The van der Waals surface area contributed by atoms with Gasteiger partial charge < -0.3 is 10.8 Å². The lowest BCUT2D eigenvalue weighted by Crippen LogP contribution is -2.46. The first kappa shape index (κ1) is 12.5. The molecule has 0 saturated heterocycles. The summed E-state index contributed by atoms with van der Waals surface area (Å²) in [6.45, 7) is 0.655. The van der Waals surface area contributed by atoms with E-state index in [1.807, 2.05) is 4.84 Å². The number of carbonyl (C=O) groups excluding carboxylic acids is 1. The molecule has 1 amide bonds. The van der Waals surface area contributed by atoms with Crippen molar-refractivity contribution in [3.8, 4) is 0 Å². The van der Waals surface area contributed by atoms with Crippen LogP contribution < -0.4 is 10.6 Å². The summed E-state index contributed by atoms with van der Waals surface area (Å²) in [7, 11) is 0. The van der Waals surface area contributed by atoms with E-state index in [0.29, 0.717) is 6.92 Å². The molecule has 0 saturated carbocycles. The van der Waals surface area contributed by atoms with Gasteiger partial charge in [-0.1, -0.05) is 0 Å². The fourth-order valence-electron chi connectivity index (χ4n) is 0.794. The van der Waals surface area contributed by atoms with Crippen molar-refractivity contribution in [1.29, 1.82) is 0 Å². The van der Waals surface area contributed by atoms with Crippen LogP contribution in [-0.4, -0.2) is 29.1 Å². The molecule has 0 aliphatic rings. The van der Waals surface area contributed by atoms with Crippen molar-refractivity contribution in [1.82, 2.24) is 4.84 Å². The molecule has 78 valence electrons. The van der Waals surface area contributed by atoms with Crippen LogP contribution in [0.3, 0.4) is 0 Å². The van der Waals surface area contributed by atoms with Crippen LogP contribution in [0.5, 0.6) is 0 Å². The number of nitrogens with one attached hydrogen (secondary N) is 1. The molecular weight excluding hydrogens is 206 g/mol. The van der Waals surface area contributed by atoms with Crippen molar-refractivity contribution in [3.63, 3.8) is 0 Å². The summed E-state index contributed by atoms with van der Waals surface area (Å²) in [5.41, 5.74) is 4.70. The van der Waals surface area contributed by atoms with Gasteiger partial charge in [-0.25, -0.2) is 13.6 Å². The van der Waals surface area contributed by atoms with E-state index >= 15 is 0 Å². The van der Waals surface area contributed by atoms with Gasteiger partial charge >= 0.3 is 0 Å². The maximum absolute atomic E-state index is 12.4. The van der Waals surface area contributed by atoms with E-state index in [0.717, 1.165) is 0 Å². The van der Waals surface area contributed by atoms with E-state index in [2.05, 4.69) is 0 Å². The van der Waals surface area contributed by atoms with Gasteiger partial charge in [-0.2, -0.15) is 0 Å². The van der Waals surface area contributed by atoms with Gasteiger partial charge in [0.1, 0.15) is 6.10 Å². The van der Waals surface area contributed by atoms with Crippen molar-refractivity contribution >= 4 is 17.7 Å². The zero-order chi connectivity index (χ0) is 10.6. The molecule has 7 heteroatoms. The van der Waals surface area contributed by atoms with E-state index in [4.69, 9.17) is 22.6 Å². The number of aliphatic hydroxyl groups excluding tert-OH is 1. The molecule has 0 aromatic rings. The molecule has 0 spiro atoms. The van der Waals surface area contributed by atoms with Crippen molar-refractivity contribution in [2.24, 2.45) is 5.73 Å². The third kappa shape index (κ3) is 4.97. The first-order valence-electron chi connectivity index (χ1n) is 3.49. The highest BCUT2D eigenvalue weighted by molar-refractivity contribution is 6.13. The molecule has 0 aromatic heterocycles. The highest BCUT2D eigenvalue weighted by Gasteiger charge is 2.32. The summed E-state index contributed by atoms with van der Waals surface area (Å²) < 4.78 is 24.8. The average molecular weight is 217 g/mol. The van der Waals surface area contributed by atoms with E-state index in [1.165, 1.54) is 0 Å². The van der Waals surface area contributed by atoms with Gasteiger partial charge in [-0.15, -0.1) is 0 Å². The zero-order valence-corrected chi connectivity index (χ0v) is 7.68. The second-order valence-electron chi connectivity index (χ2n) is 2.84. The molecule has 0 aliphatic carbocycles. The van der Waals surface area contributed by atoms with Gasteiger partial charge in [0, 0.05) is 6.42 Å². The Morgan fingerprint density at radius 2 is 2.23 bits per heavy atom. The zero-order valence-electron chi connectivity index (χ0n) is 6.93. The fourth-order valence-corrected chi connectivity index (χ4v) is 0.991. The van der Waals surface area contributed by atoms with Crippen molar-refractivity contribution < 1.29 is 18.7 Å². The Balaban J connectivity index is 4.26. The average Bonchev–Trinajstić information content (AvgIpc) is 1.97. The first-order valence-corrected chi connectivity index (χ1v) is 3.87. The number of nitrogens with two attached hydrogens (primary N) is 1. The van der Waals surface area contributed by atoms with Crippen LogP contribution in [0, 0.1) is 0 Å². The van der Waals surface area contributed by atoms with Crippen LogP contribution in [0.4, 0.5) is 8.78 Å². The number of aliphatic hydroxyl groups is 1. The molecule has 2 atom stereocenters. The minimum absolute atomic E-state index is 0.655. The molecule has 0 rings (SSSR count). The van der Waals surface area contributed by atoms with E-state index in [9.17, 15) is 13.6 Å². The second kappa shape index (κ2) is 4.69. The molecule has 4 N–H and O–H groups in total. The topological polar surface area (TPSA) is 75.3 Å². The number of amides is 1. The lowest BCUT2D eigenvalue weighted by molar-refractivity contribution is -0.128. The number of halogens is 3.